The monoisotopic (exact) mass is 212 g/mol. The average molecular weight is 212 g/mol. The summed E-state index contributed by atoms with van der Waals surface area (Å²) < 4.78 is 0. The number of carbonyl (C=O) groups is 2. The highest BCUT2D eigenvalue weighted by molar-refractivity contribution is 5.84. The summed E-state index contributed by atoms with van der Waals surface area (Å²) in [5.74, 6) is 0.390. The van der Waals surface area contributed by atoms with Gasteiger partial charge in [0.2, 0.25) is 11.8 Å². The molecule has 0 aromatic heterocycles. The van der Waals surface area contributed by atoms with E-state index in [9.17, 15) is 9.59 Å². The minimum absolute atomic E-state index is 0.00509. The van der Waals surface area contributed by atoms with E-state index >= 15 is 0 Å². The SMILES string of the molecule is CNC(=O)CNC(=O)CC1CCCCC1. The summed E-state index contributed by atoms with van der Waals surface area (Å²) in [4.78, 5) is 22.3. The van der Waals surface area contributed by atoms with E-state index in [2.05, 4.69) is 10.6 Å². The molecule has 4 nitrogen and oxygen atoms in total. The van der Waals surface area contributed by atoms with Gasteiger partial charge in [-0.25, -0.2) is 0 Å². The van der Waals surface area contributed by atoms with Crippen molar-refractivity contribution in [2.75, 3.05) is 13.6 Å². The van der Waals surface area contributed by atoms with E-state index in [0.29, 0.717) is 12.3 Å². The van der Waals surface area contributed by atoms with Gasteiger partial charge in [-0.1, -0.05) is 19.3 Å². The van der Waals surface area contributed by atoms with Gasteiger partial charge in [-0.2, -0.15) is 0 Å². The van der Waals surface area contributed by atoms with Crippen LogP contribution in [0.5, 0.6) is 0 Å². The fourth-order valence-electron chi connectivity index (χ4n) is 1.99. The Morgan fingerprint density at radius 2 is 1.80 bits per heavy atom. The lowest BCUT2D eigenvalue weighted by molar-refractivity contribution is -0.126. The van der Waals surface area contributed by atoms with Crippen molar-refractivity contribution >= 4 is 11.8 Å². The Balaban J connectivity index is 2.14. The van der Waals surface area contributed by atoms with Gasteiger partial charge in [0.1, 0.15) is 0 Å². The van der Waals surface area contributed by atoms with Crippen molar-refractivity contribution in [2.24, 2.45) is 5.92 Å². The molecule has 1 aliphatic carbocycles. The van der Waals surface area contributed by atoms with Crippen LogP contribution in [0.1, 0.15) is 38.5 Å². The van der Waals surface area contributed by atoms with Gasteiger partial charge in [-0.05, 0) is 18.8 Å². The quantitative estimate of drug-likeness (QED) is 0.725. The normalized spacial score (nSPS) is 17.1. The molecular weight excluding hydrogens is 192 g/mol. The molecule has 0 aliphatic heterocycles. The number of nitrogens with one attached hydrogen (secondary N) is 2. The van der Waals surface area contributed by atoms with Crippen LogP contribution < -0.4 is 10.6 Å². The molecule has 4 heteroatoms. The zero-order chi connectivity index (χ0) is 11.1. The highest BCUT2D eigenvalue weighted by Crippen LogP contribution is 2.25. The molecule has 0 unspecified atom stereocenters. The second kappa shape index (κ2) is 6.43. The molecule has 0 aromatic carbocycles. The summed E-state index contributed by atoms with van der Waals surface area (Å²) in [5.41, 5.74) is 0. The van der Waals surface area contributed by atoms with Gasteiger partial charge >= 0.3 is 0 Å². The third-order valence-electron chi connectivity index (χ3n) is 2.92. The third kappa shape index (κ3) is 4.81. The van der Waals surface area contributed by atoms with E-state index in [1.165, 1.54) is 19.3 Å². The fourth-order valence-corrected chi connectivity index (χ4v) is 1.99. The molecule has 2 N–H and O–H groups in total. The van der Waals surface area contributed by atoms with E-state index in [1.54, 1.807) is 7.05 Å². The van der Waals surface area contributed by atoms with Crippen molar-refractivity contribution in [3.63, 3.8) is 0 Å². The number of amides is 2. The maximum Gasteiger partial charge on any atom is 0.239 e. The Morgan fingerprint density at radius 1 is 1.13 bits per heavy atom. The molecule has 0 heterocycles. The maximum absolute atomic E-state index is 11.4. The van der Waals surface area contributed by atoms with Crippen LogP contribution in [-0.4, -0.2) is 25.4 Å². The van der Waals surface area contributed by atoms with Crippen LogP contribution in [0.4, 0.5) is 0 Å². The van der Waals surface area contributed by atoms with Crippen LogP contribution in [0.15, 0.2) is 0 Å². The second-order valence-corrected chi connectivity index (χ2v) is 4.16. The summed E-state index contributed by atoms with van der Waals surface area (Å²) in [6, 6.07) is 0. The van der Waals surface area contributed by atoms with E-state index in [0.717, 1.165) is 12.8 Å². The van der Waals surface area contributed by atoms with Crippen molar-refractivity contribution in [1.29, 1.82) is 0 Å². The molecule has 1 fully saturated rings. The topological polar surface area (TPSA) is 58.2 Å². The minimum Gasteiger partial charge on any atom is -0.358 e. The van der Waals surface area contributed by atoms with Crippen molar-refractivity contribution in [1.82, 2.24) is 10.6 Å². The number of rotatable bonds is 4. The van der Waals surface area contributed by atoms with E-state index in [4.69, 9.17) is 0 Å². The van der Waals surface area contributed by atoms with Gasteiger partial charge in [-0.3, -0.25) is 9.59 Å². The largest absolute Gasteiger partial charge is 0.358 e. The number of likely N-dealkylation sites (N-methyl/N-ethyl adjacent to an activating group) is 1. The molecule has 1 aliphatic rings. The standard InChI is InChI=1S/C11H20N2O2/c1-12-11(15)8-13-10(14)7-9-5-3-2-4-6-9/h9H,2-8H2,1H3,(H,12,15)(H,13,14). The van der Waals surface area contributed by atoms with Crippen molar-refractivity contribution in [3.8, 4) is 0 Å². The Bertz CT molecular complexity index is 223. The van der Waals surface area contributed by atoms with E-state index < -0.39 is 0 Å². The minimum atomic E-state index is -0.146. The van der Waals surface area contributed by atoms with Crippen LogP contribution >= 0.6 is 0 Å². The molecule has 15 heavy (non-hydrogen) atoms. The van der Waals surface area contributed by atoms with Gasteiger partial charge in [0.15, 0.2) is 0 Å². The lowest BCUT2D eigenvalue weighted by Gasteiger charge is -2.20. The maximum atomic E-state index is 11.4. The first kappa shape index (κ1) is 12.0. The van der Waals surface area contributed by atoms with Crippen LogP contribution in [0, 0.1) is 5.92 Å². The molecule has 86 valence electrons. The lowest BCUT2D eigenvalue weighted by atomic mass is 9.87. The predicted octanol–water partition coefficient (Wildman–Crippen LogP) is 0.819. The van der Waals surface area contributed by atoms with Crippen LogP contribution in [0.3, 0.4) is 0 Å². The zero-order valence-electron chi connectivity index (χ0n) is 9.34. The number of hydrogen-bond acceptors (Lipinski definition) is 2. The Kier molecular flexibility index (Phi) is 5.15. The molecular formula is C11H20N2O2. The third-order valence-corrected chi connectivity index (χ3v) is 2.92. The van der Waals surface area contributed by atoms with Gasteiger partial charge in [0, 0.05) is 13.5 Å². The van der Waals surface area contributed by atoms with Crippen molar-refractivity contribution in [2.45, 2.75) is 38.5 Å². The molecule has 1 rings (SSSR count). The van der Waals surface area contributed by atoms with Crippen LogP contribution in [-0.2, 0) is 9.59 Å². The van der Waals surface area contributed by atoms with Crippen LogP contribution in [0.2, 0.25) is 0 Å². The molecule has 2 amide bonds. The molecule has 0 bridgehead atoms. The molecule has 0 spiro atoms. The smallest absolute Gasteiger partial charge is 0.239 e. The summed E-state index contributed by atoms with van der Waals surface area (Å²) in [6.07, 6.45) is 6.69. The van der Waals surface area contributed by atoms with Crippen molar-refractivity contribution < 1.29 is 9.59 Å². The predicted molar refractivity (Wildman–Crippen MR) is 58.3 cm³/mol. The Morgan fingerprint density at radius 3 is 2.40 bits per heavy atom. The van der Waals surface area contributed by atoms with Crippen molar-refractivity contribution in [3.05, 3.63) is 0 Å². The molecule has 1 saturated carbocycles. The zero-order valence-corrected chi connectivity index (χ0v) is 9.34. The van der Waals surface area contributed by atoms with E-state index in [1.807, 2.05) is 0 Å². The Labute approximate surface area is 90.8 Å². The highest BCUT2D eigenvalue weighted by atomic mass is 16.2. The summed E-state index contributed by atoms with van der Waals surface area (Å²) >= 11 is 0. The summed E-state index contributed by atoms with van der Waals surface area (Å²) in [5, 5.41) is 5.10. The fraction of sp³-hybridized carbons (Fsp3) is 0.818. The molecule has 0 saturated heterocycles. The van der Waals surface area contributed by atoms with Gasteiger partial charge in [0.25, 0.3) is 0 Å². The average Bonchev–Trinajstić information content (AvgIpc) is 2.27. The van der Waals surface area contributed by atoms with Crippen LogP contribution in [0.25, 0.3) is 0 Å². The molecule has 0 aromatic rings. The van der Waals surface area contributed by atoms with Gasteiger partial charge < -0.3 is 10.6 Å². The Hall–Kier alpha value is -1.06. The first-order valence-corrected chi connectivity index (χ1v) is 5.69. The molecule has 0 atom stereocenters. The number of hydrogen-bond donors (Lipinski definition) is 2. The first-order valence-electron chi connectivity index (χ1n) is 5.69. The molecule has 0 radical (unpaired) electrons. The summed E-state index contributed by atoms with van der Waals surface area (Å²) in [7, 11) is 1.57. The van der Waals surface area contributed by atoms with Gasteiger partial charge in [-0.15, -0.1) is 0 Å². The van der Waals surface area contributed by atoms with Gasteiger partial charge in [0.05, 0.1) is 6.54 Å². The van der Waals surface area contributed by atoms with E-state index in [-0.39, 0.29) is 18.4 Å². The number of carbonyl (C=O) groups excluding carboxylic acids is 2. The first-order chi connectivity index (χ1) is 7.22. The second-order valence-electron chi connectivity index (χ2n) is 4.16. The highest BCUT2D eigenvalue weighted by Gasteiger charge is 2.16. The summed E-state index contributed by atoms with van der Waals surface area (Å²) in [6.45, 7) is 0.0993. The lowest BCUT2D eigenvalue weighted by Crippen LogP contribution is -2.36.